The van der Waals surface area contributed by atoms with E-state index in [4.69, 9.17) is 22.7 Å². The van der Waals surface area contributed by atoms with Crippen LogP contribution < -0.4 is 15.8 Å². The van der Waals surface area contributed by atoms with E-state index in [-0.39, 0.29) is 10.8 Å². The molecule has 3 N–H and O–H groups in total. The highest BCUT2D eigenvalue weighted by molar-refractivity contribution is 9.10. The van der Waals surface area contributed by atoms with Gasteiger partial charge in [-0.15, -0.1) is 0 Å². The molecule has 0 atom stereocenters. The molecule has 0 spiro atoms. The Labute approximate surface area is 130 Å². The molecule has 0 aromatic heterocycles. The zero-order valence-corrected chi connectivity index (χ0v) is 13.0. The minimum atomic E-state index is -0.384. The van der Waals surface area contributed by atoms with Crippen LogP contribution in [-0.4, -0.2) is 12.1 Å². The van der Waals surface area contributed by atoms with Crippen LogP contribution >= 0.6 is 28.1 Å². The third-order valence-corrected chi connectivity index (χ3v) is 3.31. The van der Waals surface area contributed by atoms with Gasteiger partial charge in [-0.25, -0.2) is 4.39 Å². The Kier molecular flexibility index (Phi) is 4.57. The zero-order chi connectivity index (χ0) is 14.7. The summed E-state index contributed by atoms with van der Waals surface area (Å²) in [6.45, 7) is 0. The van der Waals surface area contributed by atoms with Gasteiger partial charge in [-0.1, -0.05) is 28.1 Å². The van der Waals surface area contributed by atoms with Crippen LogP contribution in [0.15, 0.2) is 40.9 Å². The van der Waals surface area contributed by atoms with Crippen LogP contribution in [0.4, 0.5) is 15.8 Å². The molecule has 0 fully saturated rings. The molecule has 0 aliphatic rings. The maximum Gasteiger partial charge on any atom is 0.124 e. The van der Waals surface area contributed by atoms with E-state index in [2.05, 4.69) is 21.2 Å². The summed E-state index contributed by atoms with van der Waals surface area (Å²) < 4.78 is 19.3. The smallest absolute Gasteiger partial charge is 0.124 e. The molecule has 2 aromatic rings. The Morgan fingerprint density at radius 1 is 1.30 bits per heavy atom. The van der Waals surface area contributed by atoms with Crippen molar-refractivity contribution in [3.8, 4) is 5.75 Å². The maximum atomic E-state index is 13.3. The van der Waals surface area contributed by atoms with Gasteiger partial charge in [0.05, 0.1) is 7.11 Å². The van der Waals surface area contributed by atoms with E-state index in [0.717, 1.165) is 10.2 Å². The first-order valence-corrected chi connectivity index (χ1v) is 6.90. The van der Waals surface area contributed by atoms with Gasteiger partial charge in [-0.3, -0.25) is 0 Å². The number of anilines is 2. The average molecular weight is 355 g/mol. The van der Waals surface area contributed by atoms with Gasteiger partial charge >= 0.3 is 0 Å². The number of ether oxygens (including phenoxy) is 1. The van der Waals surface area contributed by atoms with Gasteiger partial charge in [0.15, 0.2) is 0 Å². The van der Waals surface area contributed by atoms with Crippen LogP contribution in [0.25, 0.3) is 0 Å². The van der Waals surface area contributed by atoms with Crippen molar-refractivity contribution in [3.63, 3.8) is 0 Å². The Balaban J connectivity index is 2.39. The summed E-state index contributed by atoms with van der Waals surface area (Å²) in [6, 6.07) is 9.77. The first-order chi connectivity index (χ1) is 9.49. The number of methoxy groups -OCH3 is 1. The minimum Gasteiger partial charge on any atom is -0.497 e. The molecule has 6 heteroatoms. The van der Waals surface area contributed by atoms with Gasteiger partial charge < -0.3 is 15.8 Å². The van der Waals surface area contributed by atoms with Crippen LogP contribution in [0.3, 0.4) is 0 Å². The molecule has 2 aromatic carbocycles. The highest BCUT2D eigenvalue weighted by Crippen LogP contribution is 2.28. The Hall–Kier alpha value is -1.66. The summed E-state index contributed by atoms with van der Waals surface area (Å²) in [7, 11) is 1.59. The summed E-state index contributed by atoms with van der Waals surface area (Å²) in [5, 5.41) is 3.15. The lowest BCUT2D eigenvalue weighted by molar-refractivity contribution is 0.415. The van der Waals surface area contributed by atoms with E-state index in [1.54, 1.807) is 13.2 Å². The van der Waals surface area contributed by atoms with Gasteiger partial charge in [0, 0.05) is 27.5 Å². The molecule has 0 bridgehead atoms. The van der Waals surface area contributed by atoms with Crippen molar-refractivity contribution in [1.82, 2.24) is 0 Å². The lowest BCUT2D eigenvalue weighted by Crippen LogP contribution is -2.12. The highest BCUT2D eigenvalue weighted by atomic mass is 79.9. The molecular weight excluding hydrogens is 343 g/mol. The summed E-state index contributed by atoms with van der Waals surface area (Å²) >= 11 is 8.33. The fraction of sp³-hybridized carbons (Fsp3) is 0.0714. The molecule has 104 valence electrons. The second-order valence-corrected chi connectivity index (χ2v) is 5.41. The number of hydrogen-bond acceptors (Lipinski definition) is 3. The Bertz CT molecular complexity index is 664. The first kappa shape index (κ1) is 14.7. The second kappa shape index (κ2) is 6.19. The number of nitrogens with two attached hydrogens (primary N) is 1. The summed E-state index contributed by atoms with van der Waals surface area (Å²) in [4.78, 5) is 0.133. The van der Waals surface area contributed by atoms with Crippen LogP contribution in [0, 0.1) is 5.82 Å². The molecule has 3 nitrogen and oxygen atoms in total. The van der Waals surface area contributed by atoms with Gasteiger partial charge in [-0.05, 0) is 30.3 Å². The molecular formula is C14H12BrFN2OS. The summed E-state index contributed by atoms with van der Waals surface area (Å²) in [5.41, 5.74) is 7.49. The molecule has 0 radical (unpaired) electrons. The monoisotopic (exact) mass is 354 g/mol. The van der Waals surface area contributed by atoms with Crippen molar-refractivity contribution < 1.29 is 9.13 Å². The largest absolute Gasteiger partial charge is 0.497 e. The fourth-order valence-corrected chi connectivity index (χ4v) is 2.38. The van der Waals surface area contributed by atoms with Crippen molar-refractivity contribution in [1.29, 1.82) is 0 Å². The number of hydrogen-bond donors (Lipinski definition) is 2. The second-order valence-electron chi connectivity index (χ2n) is 4.06. The molecule has 0 unspecified atom stereocenters. The molecule has 0 aliphatic heterocycles. The topological polar surface area (TPSA) is 47.3 Å². The minimum absolute atomic E-state index is 0.133. The maximum absolute atomic E-state index is 13.3. The zero-order valence-electron chi connectivity index (χ0n) is 10.6. The van der Waals surface area contributed by atoms with Gasteiger partial charge in [0.1, 0.15) is 16.6 Å². The number of thiocarbonyl (C=S) groups is 1. The van der Waals surface area contributed by atoms with Crippen molar-refractivity contribution in [2.45, 2.75) is 0 Å². The van der Waals surface area contributed by atoms with Crippen LogP contribution in [0.2, 0.25) is 0 Å². The third-order valence-electron chi connectivity index (χ3n) is 2.63. The van der Waals surface area contributed by atoms with Crippen LogP contribution in [0.1, 0.15) is 5.56 Å². The molecule has 20 heavy (non-hydrogen) atoms. The number of rotatable bonds is 4. The predicted octanol–water partition coefficient (Wildman–Crippen LogP) is 3.97. The molecule has 0 amide bonds. The molecule has 0 saturated carbocycles. The quantitative estimate of drug-likeness (QED) is 0.815. The summed E-state index contributed by atoms with van der Waals surface area (Å²) in [5.74, 6) is 0.311. The third kappa shape index (κ3) is 3.46. The van der Waals surface area contributed by atoms with Gasteiger partial charge in [-0.2, -0.15) is 0 Å². The SMILES string of the molecule is COc1cc(Br)cc(Nc2ccc(F)cc2C(N)=S)c1. The van der Waals surface area contributed by atoms with E-state index in [9.17, 15) is 4.39 Å². The van der Waals surface area contributed by atoms with Gasteiger partial charge in [0.25, 0.3) is 0 Å². The first-order valence-electron chi connectivity index (χ1n) is 5.70. The summed E-state index contributed by atoms with van der Waals surface area (Å²) in [6.07, 6.45) is 0. The van der Waals surface area contributed by atoms with E-state index in [1.807, 2.05) is 18.2 Å². The van der Waals surface area contributed by atoms with Crippen molar-refractivity contribution in [3.05, 3.63) is 52.3 Å². The predicted molar refractivity (Wildman–Crippen MR) is 86.3 cm³/mol. The normalized spacial score (nSPS) is 10.2. The Morgan fingerprint density at radius 2 is 2.05 bits per heavy atom. The van der Waals surface area contributed by atoms with E-state index < -0.39 is 0 Å². The van der Waals surface area contributed by atoms with E-state index >= 15 is 0 Å². The standard InChI is InChI=1S/C14H12BrFN2OS/c1-19-11-5-8(15)4-10(7-11)18-13-3-2-9(16)6-12(13)14(17)20/h2-7,18H,1H3,(H2,17,20). The fourth-order valence-electron chi connectivity index (χ4n) is 1.74. The van der Waals surface area contributed by atoms with E-state index in [1.165, 1.54) is 12.1 Å². The van der Waals surface area contributed by atoms with E-state index in [0.29, 0.717) is 17.0 Å². The molecule has 2 rings (SSSR count). The van der Waals surface area contributed by atoms with Crippen LogP contribution in [-0.2, 0) is 0 Å². The molecule has 0 heterocycles. The average Bonchev–Trinajstić information content (AvgIpc) is 2.40. The number of halogens is 2. The van der Waals surface area contributed by atoms with Crippen molar-refractivity contribution >= 4 is 44.5 Å². The number of benzene rings is 2. The lowest BCUT2D eigenvalue weighted by atomic mass is 10.1. The van der Waals surface area contributed by atoms with Gasteiger partial charge in [0.2, 0.25) is 0 Å². The number of nitrogens with one attached hydrogen (secondary N) is 1. The highest BCUT2D eigenvalue weighted by Gasteiger charge is 2.08. The molecule has 0 aliphatic carbocycles. The molecule has 0 saturated heterocycles. The van der Waals surface area contributed by atoms with Crippen molar-refractivity contribution in [2.75, 3.05) is 12.4 Å². The lowest BCUT2D eigenvalue weighted by Gasteiger charge is -2.13. The Morgan fingerprint density at radius 3 is 2.70 bits per heavy atom. The van der Waals surface area contributed by atoms with Crippen LogP contribution in [0.5, 0.6) is 5.75 Å². The van der Waals surface area contributed by atoms with Crippen molar-refractivity contribution in [2.24, 2.45) is 5.73 Å².